The Morgan fingerprint density at radius 1 is 0.933 bits per heavy atom. The van der Waals surface area contributed by atoms with Crippen LogP contribution in [0.25, 0.3) is 11.0 Å². The number of anilines is 1. The highest BCUT2D eigenvalue weighted by Crippen LogP contribution is 2.29. The molecule has 5 rings (SSSR count). The van der Waals surface area contributed by atoms with Crippen LogP contribution in [0.5, 0.6) is 5.75 Å². The molecule has 2 aliphatic rings. The van der Waals surface area contributed by atoms with Crippen LogP contribution in [0.2, 0.25) is 0 Å². The van der Waals surface area contributed by atoms with Crippen molar-refractivity contribution in [2.75, 3.05) is 24.6 Å². The summed E-state index contributed by atoms with van der Waals surface area (Å²) < 4.78 is 11.3. The largest absolute Gasteiger partial charge is 0.485 e. The van der Waals surface area contributed by atoms with Crippen molar-refractivity contribution < 1.29 is 13.9 Å². The number of hydrogen-bond acceptors (Lipinski definition) is 5. The molecule has 1 fully saturated rings. The standard InChI is InChI=1S/C25H25NO4/c27-23(17-7-9-18(10-8-17)26-13-3-4-14-26)16-29-19-11-12-21-20-5-1-2-6-22(20)25(28)30-24(21)15-19/h7-12,15H,1-6,13-14,16H2. The van der Waals surface area contributed by atoms with Crippen LogP contribution in [-0.2, 0) is 12.8 Å². The zero-order chi connectivity index (χ0) is 20.5. The number of aryl methyl sites for hydroxylation is 1. The molecule has 0 spiro atoms. The van der Waals surface area contributed by atoms with Crippen LogP contribution < -0.4 is 15.3 Å². The third-order valence-electron chi connectivity index (χ3n) is 6.23. The molecule has 0 amide bonds. The molecule has 5 heteroatoms. The lowest BCUT2D eigenvalue weighted by Crippen LogP contribution is -2.18. The van der Waals surface area contributed by atoms with Gasteiger partial charge in [0.15, 0.2) is 12.4 Å². The summed E-state index contributed by atoms with van der Waals surface area (Å²) in [5.74, 6) is 0.457. The number of carbonyl (C=O) groups is 1. The Labute approximate surface area is 175 Å². The Hall–Kier alpha value is -3.08. The third kappa shape index (κ3) is 3.60. The summed E-state index contributed by atoms with van der Waals surface area (Å²) in [7, 11) is 0. The molecule has 5 nitrogen and oxygen atoms in total. The molecule has 30 heavy (non-hydrogen) atoms. The van der Waals surface area contributed by atoms with Crippen molar-refractivity contribution in [3.05, 3.63) is 69.6 Å². The molecule has 0 unspecified atom stereocenters. The highest BCUT2D eigenvalue weighted by atomic mass is 16.5. The fourth-order valence-electron chi connectivity index (χ4n) is 4.58. The minimum atomic E-state index is -0.247. The molecule has 2 heterocycles. The van der Waals surface area contributed by atoms with Crippen molar-refractivity contribution in [2.45, 2.75) is 38.5 Å². The van der Waals surface area contributed by atoms with Gasteiger partial charge in [0.1, 0.15) is 11.3 Å². The smallest absolute Gasteiger partial charge is 0.339 e. The quantitative estimate of drug-likeness (QED) is 0.463. The predicted octanol–water partition coefficient (Wildman–Crippen LogP) is 4.53. The zero-order valence-electron chi connectivity index (χ0n) is 17.0. The SMILES string of the molecule is O=C(COc1ccc2c3c(c(=O)oc2c1)CCCC3)c1ccc(N2CCCC2)cc1. The second-order valence-corrected chi connectivity index (χ2v) is 8.16. The van der Waals surface area contributed by atoms with Crippen molar-refractivity contribution in [1.82, 2.24) is 0 Å². The summed E-state index contributed by atoms with van der Waals surface area (Å²) in [4.78, 5) is 27.2. The first-order valence-electron chi connectivity index (χ1n) is 10.8. The van der Waals surface area contributed by atoms with Crippen molar-refractivity contribution in [1.29, 1.82) is 0 Å². The molecular formula is C25H25NO4. The minimum Gasteiger partial charge on any atom is -0.485 e. The maximum Gasteiger partial charge on any atom is 0.339 e. The maximum atomic E-state index is 12.5. The van der Waals surface area contributed by atoms with Gasteiger partial charge in [0.2, 0.25) is 0 Å². The Morgan fingerprint density at radius 3 is 2.43 bits per heavy atom. The lowest BCUT2D eigenvalue weighted by molar-refractivity contribution is 0.0921. The fraction of sp³-hybridized carbons (Fsp3) is 0.360. The zero-order valence-corrected chi connectivity index (χ0v) is 17.0. The van der Waals surface area contributed by atoms with E-state index in [1.165, 1.54) is 12.8 Å². The number of benzene rings is 2. The van der Waals surface area contributed by atoms with Crippen LogP contribution in [0, 0.1) is 0 Å². The van der Waals surface area contributed by atoms with Gasteiger partial charge in [0.05, 0.1) is 0 Å². The van der Waals surface area contributed by atoms with Crippen LogP contribution in [0.4, 0.5) is 5.69 Å². The second kappa shape index (κ2) is 7.98. The Morgan fingerprint density at radius 2 is 1.67 bits per heavy atom. The van der Waals surface area contributed by atoms with E-state index in [0.717, 1.165) is 61.0 Å². The van der Waals surface area contributed by atoms with Gasteiger partial charge < -0.3 is 14.1 Å². The maximum absolute atomic E-state index is 12.5. The molecule has 2 aromatic carbocycles. The average Bonchev–Trinajstić information content (AvgIpc) is 3.33. The molecule has 154 valence electrons. The molecule has 3 aromatic rings. The third-order valence-corrected chi connectivity index (χ3v) is 6.23. The average molecular weight is 403 g/mol. The van der Waals surface area contributed by atoms with Gasteiger partial charge in [-0.25, -0.2) is 4.79 Å². The van der Waals surface area contributed by atoms with Gasteiger partial charge in [0.25, 0.3) is 0 Å². The summed E-state index contributed by atoms with van der Waals surface area (Å²) in [5.41, 5.74) is 4.00. The molecule has 0 bridgehead atoms. The van der Waals surface area contributed by atoms with Gasteiger partial charge in [-0.2, -0.15) is 0 Å². The highest BCUT2D eigenvalue weighted by Gasteiger charge is 2.18. The van der Waals surface area contributed by atoms with E-state index in [-0.39, 0.29) is 18.0 Å². The molecule has 0 atom stereocenters. The van der Waals surface area contributed by atoms with Crippen LogP contribution in [0.15, 0.2) is 51.7 Å². The Bertz CT molecular complexity index is 1140. The number of fused-ring (bicyclic) bond motifs is 3. The summed E-state index contributed by atoms with van der Waals surface area (Å²) in [6.45, 7) is 2.11. The van der Waals surface area contributed by atoms with Crippen LogP contribution in [0.1, 0.15) is 47.2 Å². The number of carbonyl (C=O) groups excluding carboxylic acids is 1. The van der Waals surface area contributed by atoms with E-state index in [9.17, 15) is 9.59 Å². The van der Waals surface area contributed by atoms with Crippen LogP contribution in [0.3, 0.4) is 0 Å². The number of ketones is 1. The lowest BCUT2D eigenvalue weighted by atomic mass is 9.91. The molecule has 1 saturated heterocycles. The number of Topliss-reactive ketones (excluding diaryl/α,β-unsaturated/α-hetero) is 1. The lowest BCUT2D eigenvalue weighted by Gasteiger charge is -2.17. The van der Waals surface area contributed by atoms with E-state index < -0.39 is 0 Å². The topological polar surface area (TPSA) is 59.8 Å². The summed E-state index contributed by atoms with van der Waals surface area (Å²) in [6.07, 6.45) is 6.27. The van der Waals surface area contributed by atoms with E-state index >= 15 is 0 Å². The first-order valence-corrected chi connectivity index (χ1v) is 10.8. The van der Waals surface area contributed by atoms with Gasteiger partial charge in [0, 0.05) is 41.4 Å². The first-order chi connectivity index (χ1) is 14.7. The Balaban J connectivity index is 1.30. The number of rotatable bonds is 5. The second-order valence-electron chi connectivity index (χ2n) is 8.16. The number of ether oxygens (including phenoxy) is 1. The number of hydrogen-bond donors (Lipinski definition) is 0. The fourth-order valence-corrected chi connectivity index (χ4v) is 4.58. The van der Waals surface area contributed by atoms with Crippen LogP contribution in [-0.4, -0.2) is 25.5 Å². The van der Waals surface area contributed by atoms with Gasteiger partial charge in [-0.05, 0) is 80.5 Å². The van der Waals surface area contributed by atoms with Crippen LogP contribution >= 0.6 is 0 Å². The van der Waals surface area contributed by atoms with E-state index in [2.05, 4.69) is 4.90 Å². The van der Waals surface area contributed by atoms with Crippen molar-refractivity contribution in [3.8, 4) is 5.75 Å². The van der Waals surface area contributed by atoms with Gasteiger partial charge in [-0.3, -0.25) is 4.79 Å². The van der Waals surface area contributed by atoms with Crippen molar-refractivity contribution >= 4 is 22.4 Å². The van der Waals surface area contributed by atoms with Crippen molar-refractivity contribution in [2.24, 2.45) is 0 Å². The van der Waals surface area contributed by atoms with Crippen molar-refractivity contribution in [3.63, 3.8) is 0 Å². The summed E-state index contributed by atoms with van der Waals surface area (Å²) >= 11 is 0. The summed E-state index contributed by atoms with van der Waals surface area (Å²) in [6, 6.07) is 13.2. The molecule has 1 aromatic heterocycles. The molecular weight excluding hydrogens is 378 g/mol. The molecule has 1 aliphatic carbocycles. The van der Waals surface area contributed by atoms with Gasteiger partial charge in [-0.1, -0.05) is 0 Å². The molecule has 1 aliphatic heterocycles. The summed E-state index contributed by atoms with van der Waals surface area (Å²) in [5, 5.41) is 0.973. The first kappa shape index (κ1) is 18.9. The Kier molecular flexibility index (Phi) is 5.03. The van der Waals surface area contributed by atoms with Gasteiger partial charge in [-0.15, -0.1) is 0 Å². The molecule has 0 saturated carbocycles. The van der Waals surface area contributed by atoms with E-state index in [1.54, 1.807) is 6.07 Å². The van der Waals surface area contributed by atoms with E-state index in [4.69, 9.17) is 9.15 Å². The van der Waals surface area contributed by atoms with E-state index in [0.29, 0.717) is 16.9 Å². The molecule has 0 N–H and O–H groups in total. The minimum absolute atomic E-state index is 0.0518. The normalized spacial score (nSPS) is 15.9. The monoisotopic (exact) mass is 403 g/mol. The molecule has 0 radical (unpaired) electrons. The predicted molar refractivity (Wildman–Crippen MR) is 117 cm³/mol. The van der Waals surface area contributed by atoms with E-state index in [1.807, 2.05) is 36.4 Å². The van der Waals surface area contributed by atoms with Gasteiger partial charge >= 0.3 is 5.63 Å². The highest BCUT2D eigenvalue weighted by molar-refractivity contribution is 5.97. The number of nitrogens with zero attached hydrogens (tertiary/aromatic N) is 1.